The zero-order valence-electron chi connectivity index (χ0n) is 10.0. The fourth-order valence-corrected chi connectivity index (χ4v) is 1.95. The standard InChI is InChI=1S/C13H18BrFN2/c1-10(17-8-4-2-3-7-14)12-9-11(15)5-6-13(12)16/h5-6,9H,2-4,7-8,16H2,1H3. The fraction of sp³-hybridized carbons (Fsp3) is 0.462. The first kappa shape index (κ1) is 14.2. The molecule has 94 valence electrons. The summed E-state index contributed by atoms with van der Waals surface area (Å²) in [6, 6.07) is 4.38. The molecule has 0 spiro atoms. The zero-order valence-corrected chi connectivity index (χ0v) is 11.6. The molecular formula is C13H18BrFN2. The predicted octanol–water partition coefficient (Wildman–Crippen LogP) is 3.78. The molecule has 0 bridgehead atoms. The van der Waals surface area contributed by atoms with Crippen molar-refractivity contribution < 1.29 is 4.39 Å². The summed E-state index contributed by atoms with van der Waals surface area (Å²) in [4.78, 5) is 4.42. The smallest absolute Gasteiger partial charge is 0.124 e. The second-order valence-electron chi connectivity index (χ2n) is 3.95. The van der Waals surface area contributed by atoms with Crippen LogP contribution in [0.25, 0.3) is 0 Å². The van der Waals surface area contributed by atoms with Gasteiger partial charge in [-0.3, -0.25) is 4.99 Å². The highest BCUT2D eigenvalue weighted by molar-refractivity contribution is 9.09. The number of halogens is 2. The van der Waals surface area contributed by atoms with Crippen molar-refractivity contribution in [1.29, 1.82) is 0 Å². The molecule has 0 aromatic heterocycles. The lowest BCUT2D eigenvalue weighted by atomic mass is 10.1. The number of hydrogen-bond donors (Lipinski definition) is 1. The van der Waals surface area contributed by atoms with Crippen LogP contribution in [0.4, 0.5) is 10.1 Å². The minimum atomic E-state index is -0.275. The summed E-state index contributed by atoms with van der Waals surface area (Å²) in [6.07, 6.45) is 3.37. The Morgan fingerprint density at radius 1 is 1.35 bits per heavy atom. The molecule has 0 heterocycles. The maximum Gasteiger partial charge on any atom is 0.124 e. The Bertz CT molecular complexity index is 391. The molecule has 2 N–H and O–H groups in total. The summed E-state index contributed by atoms with van der Waals surface area (Å²) in [7, 11) is 0. The lowest BCUT2D eigenvalue weighted by molar-refractivity contribution is 0.627. The van der Waals surface area contributed by atoms with Gasteiger partial charge in [-0.2, -0.15) is 0 Å². The summed E-state index contributed by atoms with van der Waals surface area (Å²) < 4.78 is 13.1. The van der Waals surface area contributed by atoms with Gasteiger partial charge in [0, 0.05) is 28.8 Å². The van der Waals surface area contributed by atoms with E-state index in [1.165, 1.54) is 12.1 Å². The van der Waals surface area contributed by atoms with Gasteiger partial charge in [-0.15, -0.1) is 0 Å². The van der Waals surface area contributed by atoms with Gasteiger partial charge in [-0.25, -0.2) is 4.39 Å². The van der Waals surface area contributed by atoms with Crippen LogP contribution >= 0.6 is 15.9 Å². The van der Waals surface area contributed by atoms with Crippen molar-refractivity contribution in [3.8, 4) is 0 Å². The van der Waals surface area contributed by atoms with Crippen LogP contribution in [0.1, 0.15) is 31.7 Å². The minimum Gasteiger partial charge on any atom is -0.398 e. The van der Waals surface area contributed by atoms with Crippen molar-refractivity contribution in [3.63, 3.8) is 0 Å². The van der Waals surface area contributed by atoms with Gasteiger partial charge in [0.1, 0.15) is 5.82 Å². The van der Waals surface area contributed by atoms with E-state index in [0.29, 0.717) is 11.3 Å². The molecule has 4 heteroatoms. The first-order chi connectivity index (χ1) is 8.15. The summed E-state index contributed by atoms with van der Waals surface area (Å²) in [5, 5.41) is 1.03. The molecule has 0 amide bonds. The largest absolute Gasteiger partial charge is 0.398 e. The molecule has 0 saturated heterocycles. The van der Waals surface area contributed by atoms with Gasteiger partial charge in [0.15, 0.2) is 0 Å². The molecule has 0 fully saturated rings. The van der Waals surface area contributed by atoms with Crippen molar-refractivity contribution >= 4 is 27.3 Å². The second-order valence-corrected chi connectivity index (χ2v) is 4.74. The molecule has 1 rings (SSSR count). The molecule has 0 atom stereocenters. The van der Waals surface area contributed by atoms with Gasteiger partial charge in [-0.05, 0) is 38.0 Å². The van der Waals surface area contributed by atoms with Crippen LogP contribution in [-0.2, 0) is 0 Å². The Labute approximate surface area is 110 Å². The number of unbranched alkanes of at least 4 members (excludes halogenated alkanes) is 2. The van der Waals surface area contributed by atoms with Crippen molar-refractivity contribution in [1.82, 2.24) is 0 Å². The van der Waals surface area contributed by atoms with Gasteiger partial charge >= 0.3 is 0 Å². The fourth-order valence-electron chi connectivity index (χ4n) is 1.56. The third kappa shape index (κ3) is 4.86. The average molecular weight is 301 g/mol. The number of hydrogen-bond acceptors (Lipinski definition) is 2. The minimum absolute atomic E-state index is 0.275. The van der Waals surface area contributed by atoms with Crippen LogP contribution in [0, 0.1) is 5.82 Å². The molecule has 0 aliphatic rings. The molecule has 17 heavy (non-hydrogen) atoms. The second kappa shape index (κ2) is 7.43. The molecule has 0 aliphatic heterocycles. The number of benzene rings is 1. The lowest BCUT2D eigenvalue weighted by Gasteiger charge is -2.05. The van der Waals surface area contributed by atoms with Crippen LogP contribution < -0.4 is 5.73 Å². The third-order valence-electron chi connectivity index (χ3n) is 2.55. The molecular weight excluding hydrogens is 283 g/mol. The Hall–Kier alpha value is -0.900. The highest BCUT2D eigenvalue weighted by Gasteiger charge is 2.03. The van der Waals surface area contributed by atoms with E-state index in [1.54, 1.807) is 6.07 Å². The number of anilines is 1. The van der Waals surface area contributed by atoms with Crippen molar-refractivity contribution in [3.05, 3.63) is 29.6 Å². The van der Waals surface area contributed by atoms with E-state index in [9.17, 15) is 4.39 Å². The molecule has 0 aliphatic carbocycles. The molecule has 0 saturated carbocycles. The van der Waals surface area contributed by atoms with Gasteiger partial charge in [0.2, 0.25) is 0 Å². The van der Waals surface area contributed by atoms with Gasteiger partial charge in [0.05, 0.1) is 0 Å². The number of nitrogens with zero attached hydrogens (tertiary/aromatic N) is 1. The summed E-state index contributed by atoms with van der Waals surface area (Å²) in [5.41, 5.74) is 7.87. The van der Waals surface area contributed by atoms with Gasteiger partial charge in [0.25, 0.3) is 0 Å². The maximum atomic E-state index is 13.1. The number of alkyl halides is 1. The maximum absolute atomic E-state index is 13.1. The Balaban J connectivity index is 2.58. The highest BCUT2D eigenvalue weighted by atomic mass is 79.9. The summed E-state index contributed by atoms with van der Waals surface area (Å²) >= 11 is 3.39. The summed E-state index contributed by atoms with van der Waals surface area (Å²) in [5.74, 6) is -0.275. The van der Waals surface area contributed by atoms with Crippen molar-refractivity contribution in [2.75, 3.05) is 17.6 Å². The lowest BCUT2D eigenvalue weighted by Crippen LogP contribution is -2.02. The SMILES string of the molecule is CC(=NCCCCCBr)c1cc(F)ccc1N. The van der Waals surface area contributed by atoms with Crippen molar-refractivity contribution in [2.24, 2.45) is 4.99 Å². The normalized spacial score (nSPS) is 11.8. The van der Waals surface area contributed by atoms with Crippen LogP contribution in [-0.4, -0.2) is 17.6 Å². The van der Waals surface area contributed by atoms with E-state index in [2.05, 4.69) is 20.9 Å². The Kier molecular flexibility index (Phi) is 6.19. The molecule has 0 unspecified atom stereocenters. The number of nitrogen functional groups attached to an aromatic ring is 1. The quantitative estimate of drug-likeness (QED) is 0.369. The first-order valence-corrected chi connectivity index (χ1v) is 6.89. The van der Waals surface area contributed by atoms with E-state index in [0.717, 1.165) is 36.8 Å². The number of nitrogens with two attached hydrogens (primary N) is 1. The van der Waals surface area contributed by atoms with Gasteiger partial charge < -0.3 is 5.73 Å². The van der Waals surface area contributed by atoms with Crippen LogP contribution in [0.15, 0.2) is 23.2 Å². The monoisotopic (exact) mass is 300 g/mol. The molecule has 2 nitrogen and oxygen atoms in total. The van der Waals surface area contributed by atoms with Crippen molar-refractivity contribution in [2.45, 2.75) is 26.2 Å². The van der Waals surface area contributed by atoms with Gasteiger partial charge in [-0.1, -0.05) is 22.4 Å². The topological polar surface area (TPSA) is 38.4 Å². The third-order valence-corrected chi connectivity index (χ3v) is 3.11. The van der Waals surface area contributed by atoms with Crippen LogP contribution in [0.3, 0.4) is 0 Å². The Morgan fingerprint density at radius 2 is 2.12 bits per heavy atom. The number of aliphatic imine (C=N–C) groups is 1. The average Bonchev–Trinajstić information content (AvgIpc) is 2.32. The Morgan fingerprint density at radius 3 is 2.82 bits per heavy atom. The molecule has 1 aromatic rings. The van der Waals surface area contributed by atoms with E-state index >= 15 is 0 Å². The van der Waals surface area contributed by atoms with E-state index in [4.69, 9.17) is 5.73 Å². The van der Waals surface area contributed by atoms with E-state index in [1.807, 2.05) is 6.92 Å². The van der Waals surface area contributed by atoms with E-state index in [-0.39, 0.29) is 5.82 Å². The number of rotatable bonds is 6. The van der Waals surface area contributed by atoms with Crippen LogP contribution in [0.5, 0.6) is 0 Å². The molecule has 0 radical (unpaired) electrons. The van der Waals surface area contributed by atoms with E-state index < -0.39 is 0 Å². The summed E-state index contributed by atoms with van der Waals surface area (Å²) in [6.45, 7) is 2.64. The van der Waals surface area contributed by atoms with Crippen LogP contribution in [0.2, 0.25) is 0 Å². The highest BCUT2D eigenvalue weighted by Crippen LogP contribution is 2.14. The zero-order chi connectivity index (χ0) is 12.7. The first-order valence-electron chi connectivity index (χ1n) is 5.77. The predicted molar refractivity (Wildman–Crippen MR) is 75.5 cm³/mol. The molecule has 1 aromatic carbocycles.